The van der Waals surface area contributed by atoms with E-state index in [0.717, 1.165) is 5.69 Å². The quantitative estimate of drug-likeness (QED) is 0.921. The highest BCUT2D eigenvalue weighted by Gasteiger charge is 2.04. The smallest absolute Gasteiger partial charge is 0.224 e. The van der Waals surface area contributed by atoms with Crippen molar-refractivity contribution in [1.29, 1.82) is 0 Å². The van der Waals surface area contributed by atoms with Gasteiger partial charge in [-0.15, -0.1) is 0 Å². The molecular formula is C16H19N3O2S. The number of carbonyl (C=O) groups excluding carboxylic acids is 1. The molecule has 1 heterocycles. The van der Waals surface area contributed by atoms with Crippen LogP contribution in [-0.4, -0.2) is 27.6 Å². The maximum Gasteiger partial charge on any atom is 0.224 e. The maximum absolute atomic E-state index is 12.0. The predicted octanol–water partition coefficient (Wildman–Crippen LogP) is 3.01. The molecule has 6 heteroatoms. The third kappa shape index (κ3) is 5.65. The summed E-state index contributed by atoms with van der Waals surface area (Å²) >= 11 is 0. The van der Waals surface area contributed by atoms with Gasteiger partial charge in [0, 0.05) is 46.2 Å². The number of nitrogens with one attached hydrogen (secondary N) is 1. The van der Waals surface area contributed by atoms with Crippen molar-refractivity contribution in [2.75, 3.05) is 17.8 Å². The van der Waals surface area contributed by atoms with Gasteiger partial charge in [0.1, 0.15) is 0 Å². The standard InChI is InChI=1S/C16H19N3O2S/c1-22(2,21)19-15-8-5-7-14(12-15)18-16(20)10-9-13-6-3-4-11-17-13/h3-8,11-12H,9-10H2,1-2H3,(H,18,20). The number of anilines is 1. The summed E-state index contributed by atoms with van der Waals surface area (Å²) in [7, 11) is -2.21. The first kappa shape index (κ1) is 16.2. The first-order valence-electron chi connectivity index (χ1n) is 6.89. The van der Waals surface area contributed by atoms with Crippen LogP contribution in [-0.2, 0) is 20.9 Å². The van der Waals surface area contributed by atoms with Crippen LogP contribution >= 0.6 is 0 Å². The summed E-state index contributed by atoms with van der Waals surface area (Å²) in [4.78, 5) is 16.1. The normalized spacial score (nSPS) is 11.0. The fraction of sp³-hybridized carbons (Fsp3) is 0.250. The Kier molecular flexibility index (Phi) is 5.27. The van der Waals surface area contributed by atoms with Crippen molar-refractivity contribution >= 4 is 27.0 Å². The zero-order valence-corrected chi connectivity index (χ0v) is 13.5. The molecule has 2 aromatic rings. The first-order valence-corrected chi connectivity index (χ1v) is 9.22. The van der Waals surface area contributed by atoms with E-state index < -0.39 is 9.73 Å². The number of carbonyl (C=O) groups is 1. The van der Waals surface area contributed by atoms with Crippen LogP contribution in [0.5, 0.6) is 0 Å². The van der Waals surface area contributed by atoms with E-state index >= 15 is 0 Å². The van der Waals surface area contributed by atoms with Crippen molar-refractivity contribution in [2.24, 2.45) is 4.36 Å². The lowest BCUT2D eigenvalue weighted by Crippen LogP contribution is -2.12. The summed E-state index contributed by atoms with van der Waals surface area (Å²) in [6.07, 6.45) is 5.81. The summed E-state index contributed by atoms with van der Waals surface area (Å²) in [5.41, 5.74) is 2.13. The molecule has 1 amide bonds. The minimum absolute atomic E-state index is 0.0865. The number of aromatic nitrogens is 1. The second kappa shape index (κ2) is 7.17. The van der Waals surface area contributed by atoms with E-state index in [9.17, 15) is 9.00 Å². The monoisotopic (exact) mass is 317 g/mol. The fourth-order valence-electron chi connectivity index (χ4n) is 1.91. The van der Waals surface area contributed by atoms with Crippen molar-refractivity contribution in [3.05, 3.63) is 54.4 Å². The van der Waals surface area contributed by atoms with E-state index in [4.69, 9.17) is 0 Å². The largest absolute Gasteiger partial charge is 0.326 e. The van der Waals surface area contributed by atoms with E-state index in [0.29, 0.717) is 24.2 Å². The van der Waals surface area contributed by atoms with Crippen molar-refractivity contribution in [1.82, 2.24) is 4.98 Å². The molecule has 22 heavy (non-hydrogen) atoms. The van der Waals surface area contributed by atoms with Gasteiger partial charge in [0.25, 0.3) is 0 Å². The highest BCUT2D eigenvalue weighted by molar-refractivity contribution is 7.92. The van der Waals surface area contributed by atoms with E-state index in [-0.39, 0.29) is 5.91 Å². The summed E-state index contributed by atoms with van der Waals surface area (Å²) in [6, 6.07) is 12.7. The zero-order valence-electron chi connectivity index (χ0n) is 12.7. The molecular weight excluding hydrogens is 298 g/mol. The number of hydrogen-bond donors (Lipinski definition) is 1. The second-order valence-corrected chi connectivity index (χ2v) is 7.74. The molecule has 0 saturated carbocycles. The van der Waals surface area contributed by atoms with E-state index in [2.05, 4.69) is 14.7 Å². The summed E-state index contributed by atoms with van der Waals surface area (Å²) in [5, 5.41) is 2.82. The molecule has 0 aliphatic rings. The first-order chi connectivity index (χ1) is 10.4. The number of aryl methyl sites for hydroxylation is 1. The Morgan fingerprint density at radius 3 is 2.73 bits per heavy atom. The van der Waals surface area contributed by atoms with Gasteiger partial charge < -0.3 is 5.32 Å². The van der Waals surface area contributed by atoms with Gasteiger partial charge in [0.05, 0.1) is 5.69 Å². The Morgan fingerprint density at radius 2 is 2.05 bits per heavy atom. The Balaban J connectivity index is 1.97. The van der Waals surface area contributed by atoms with Crippen LogP contribution in [0.15, 0.2) is 53.0 Å². The topological polar surface area (TPSA) is 71.4 Å². The summed E-state index contributed by atoms with van der Waals surface area (Å²) in [6.45, 7) is 0. The second-order valence-electron chi connectivity index (χ2n) is 5.19. The van der Waals surface area contributed by atoms with Crippen LogP contribution in [0.2, 0.25) is 0 Å². The fourth-order valence-corrected chi connectivity index (χ4v) is 2.53. The minimum Gasteiger partial charge on any atom is -0.326 e. The molecule has 0 unspecified atom stereocenters. The van der Waals surface area contributed by atoms with Gasteiger partial charge in [-0.3, -0.25) is 9.78 Å². The number of hydrogen-bond acceptors (Lipinski definition) is 4. The molecule has 2 rings (SSSR count). The number of amides is 1. The lowest BCUT2D eigenvalue weighted by Gasteiger charge is -2.06. The van der Waals surface area contributed by atoms with E-state index in [1.54, 1.807) is 43.0 Å². The van der Waals surface area contributed by atoms with Crippen molar-refractivity contribution < 1.29 is 9.00 Å². The zero-order chi connectivity index (χ0) is 16.0. The van der Waals surface area contributed by atoms with Crippen molar-refractivity contribution in [3.63, 3.8) is 0 Å². The van der Waals surface area contributed by atoms with Crippen LogP contribution in [0.3, 0.4) is 0 Å². The van der Waals surface area contributed by atoms with Crippen LogP contribution in [0.1, 0.15) is 12.1 Å². The lowest BCUT2D eigenvalue weighted by molar-refractivity contribution is -0.116. The Labute approximate surface area is 131 Å². The number of rotatable bonds is 5. The van der Waals surface area contributed by atoms with Gasteiger partial charge in [-0.05, 0) is 36.8 Å². The molecule has 1 N–H and O–H groups in total. The van der Waals surface area contributed by atoms with E-state index in [1.807, 2.05) is 18.2 Å². The molecule has 0 fully saturated rings. The lowest BCUT2D eigenvalue weighted by atomic mass is 10.2. The molecule has 0 spiro atoms. The van der Waals surface area contributed by atoms with Crippen LogP contribution in [0.25, 0.3) is 0 Å². The molecule has 1 aromatic heterocycles. The van der Waals surface area contributed by atoms with Gasteiger partial charge >= 0.3 is 0 Å². The number of pyridine rings is 1. The number of benzene rings is 1. The Bertz CT molecular complexity index is 758. The Hall–Kier alpha value is -2.21. The molecule has 0 bridgehead atoms. The molecule has 0 saturated heterocycles. The molecule has 0 radical (unpaired) electrons. The molecule has 5 nitrogen and oxygen atoms in total. The van der Waals surface area contributed by atoms with Crippen molar-refractivity contribution in [3.8, 4) is 0 Å². The summed E-state index contributed by atoms with van der Waals surface area (Å²) in [5.74, 6) is -0.0865. The van der Waals surface area contributed by atoms with Gasteiger partial charge in [-0.25, -0.2) is 4.21 Å². The molecule has 0 aliphatic carbocycles. The number of nitrogens with zero attached hydrogens (tertiary/aromatic N) is 2. The van der Waals surface area contributed by atoms with Gasteiger partial charge in [0.2, 0.25) is 5.91 Å². The molecule has 0 atom stereocenters. The van der Waals surface area contributed by atoms with Crippen LogP contribution < -0.4 is 5.32 Å². The Morgan fingerprint density at radius 1 is 1.23 bits per heavy atom. The average Bonchev–Trinajstić information content (AvgIpc) is 2.45. The van der Waals surface area contributed by atoms with E-state index in [1.165, 1.54) is 0 Å². The summed E-state index contributed by atoms with van der Waals surface area (Å²) < 4.78 is 15.8. The van der Waals surface area contributed by atoms with Crippen LogP contribution in [0, 0.1) is 0 Å². The van der Waals surface area contributed by atoms with Crippen molar-refractivity contribution in [2.45, 2.75) is 12.8 Å². The molecule has 116 valence electrons. The van der Waals surface area contributed by atoms with Crippen LogP contribution in [0.4, 0.5) is 11.4 Å². The molecule has 1 aromatic carbocycles. The average molecular weight is 317 g/mol. The highest BCUT2D eigenvalue weighted by atomic mass is 32.2. The minimum atomic E-state index is -2.21. The maximum atomic E-state index is 12.0. The predicted molar refractivity (Wildman–Crippen MR) is 89.7 cm³/mol. The third-order valence-electron chi connectivity index (χ3n) is 2.79. The van der Waals surface area contributed by atoms with Gasteiger partial charge in [-0.2, -0.15) is 4.36 Å². The van der Waals surface area contributed by atoms with Gasteiger partial charge in [0.15, 0.2) is 0 Å². The highest BCUT2D eigenvalue weighted by Crippen LogP contribution is 2.19. The third-order valence-corrected chi connectivity index (χ3v) is 3.44. The van der Waals surface area contributed by atoms with Gasteiger partial charge in [-0.1, -0.05) is 12.1 Å². The SMILES string of the molecule is CS(C)(=O)=Nc1cccc(NC(=O)CCc2ccccn2)c1. The molecule has 0 aliphatic heterocycles.